The van der Waals surface area contributed by atoms with Gasteiger partial charge in [0.2, 0.25) is 0 Å². The molecule has 0 bridgehead atoms. The molecule has 0 saturated heterocycles. The lowest BCUT2D eigenvalue weighted by Crippen LogP contribution is -2.16. The molecular weight excluding hydrogens is 360 g/mol. The van der Waals surface area contributed by atoms with Crippen molar-refractivity contribution in [2.45, 2.75) is 120 Å². The number of hydrogen-bond donors (Lipinski definition) is 0. The maximum Gasteiger partial charge on any atom is -0.0219 e. The lowest BCUT2D eigenvalue weighted by atomic mass is 9.78. The Morgan fingerprint density at radius 2 is 0.900 bits per heavy atom. The van der Waals surface area contributed by atoms with Crippen molar-refractivity contribution in [3.05, 3.63) is 35.4 Å². The minimum Gasteiger partial charge on any atom is -0.0625 e. The predicted molar refractivity (Wildman–Crippen MR) is 137 cm³/mol. The van der Waals surface area contributed by atoms with Gasteiger partial charge in [-0.2, -0.15) is 0 Å². The molecule has 0 heteroatoms. The van der Waals surface area contributed by atoms with Crippen molar-refractivity contribution in [2.24, 2.45) is 35.5 Å². The van der Waals surface area contributed by atoms with Crippen molar-refractivity contribution in [3.8, 4) is 0 Å². The van der Waals surface area contributed by atoms with Crippen LogP contribution in [0.2, 0.25) is 0 Å². The van der Waals surface area contributed by atoms with Gasteiger partial charge in [0.05, 0.1) is 0 Å². The molecule has 0 atom stereocenters. The van der Waals surface area contributed by atoms with Crippen LogP contribution >= 0.6 is 0 Å². The standard InChI is InChI=1S/2C10H20.C10H14/c3*1-8(2)10-6-4-9(3)5-7-10/h2*8-10H,4-7H2,1-3H3;4-8H,1-3H3. The van der Waals surface area contributed by atoms with Gasteiger partial charge in [-0.05, 0) is 79.6 Å². The van der Waals surface area contributed by atoms with E-state index >= 15 is 0 Å². The smallest absolute Gasteiger partial charge is 0.0219 e. The summed E-state index contributed by atoms with van der Waals surface area (Å²) in [6.45, 7) is 20.8. The molecule has 2 fully saturated rings. The van der Waals surface area contributed by atoms with Crippen molar-refractivity contribution in [2.75, 3.05) is 0 Å². The molecule has 0 unspecified atom stereocenters. The topological polar surface area (TPSA) is 0 Å². The van der Waals surface area contributed by atoms with Gasteiger partial charge in [0, 0.05) is 0 Å². The molecule has 0 aromatic heterocycles. The lowest BCUT2D eigenvalue weighted by molar-refractivity contribution is 0.234. The van der Waals surface area contributed by atoms with E-state index in [4.69, 9.17) is 0 Å². The summed E-state index contributed by atoms with van der Waals surface area (Å²) in [5, 5.41) is 0. The summed E-state index contributed by atoms with van der Waals surface area (Å²) in [4.78, 5) is 0. The van der Waals surface area contributed by atoms with Gasteiger partial charge in [-0.25, -0.2) is 0 Å². The molecule has 3 rings (SSSR count). The fourth-order valence-electron chi connectivity index (χ4n) is 4.86. The molecule has 30 heavy (non-hydrogen) atoms. The van der Waals surface area contributed by atoms with Gasteiger partial charge in [-0.1, -0.05) is 111 Å². The summed E-state index contributed by atoms with van der Waals surface area (Å²) in [6, 6.07) is 8.71. The highest BCUT2D eigenvalue weighted by Gasteiger charge is 2.20. The van der Waals surface area contributed by atoms with Gasteiger partial charge in [0.1, 0.15) is 0 Å². The third-order valence-electron chi connectivity index (χ3n) is 7.75. The average Bonchev–Trinajstić information content (AvgIpc) is 2.70. The van der Waals surface area contributed by atoms with Crippen molar-refractivity contribution in [1.82, 2.24) is 0 Å². The van der Waals surface area contributed by atoms with Crippen molar-refractivity contribution >= 4 is 0 Å². The molecule has 1 aromatic rings. The largest absolute Gasteiger partial charge is 0.0625 e. The van der Waals surface area contributed by atoms with Gasteiger partial charge in [0.15, 0.2) is 0 Å². The molecule has 0 aliphatic heterocycles. The number of hydrogen-bond acceptors (Lipinski definition) is 0. The zero-order valence-corrected chi connectivity index (χ0v) is 22.0. The van der Waals surface area contributed by atoms with Gasteiger partial charge in [0.25, 0.3) is 0 Å². The highest BCUT2D eigenvalue weighted by molar-refractivity contribution is 5.23. The second-order valence-corrected chi connectivity index (χ2v) is 11.6. The molecular formula is C30H54. The molecule has 0 nitrogen and oxygen atoms in total. The van der Waals surface area contributed by atoms with Crippen LogP contribution in [0.25, 0.3) is 0 Å². The Bertz CT molecular complexity index is 494. The van der Waals surface area contributed by atoms with Crippen LogP contribution in [-0.4, -0.2) is 0 Å². The SMILES string of the molecule is CC1CCC(C(C)C)CC1.CC1CCC(C(C)C)CC1.Cc1ccc(C(C)C)cc1. The Morgan fingerprint density at radius 1 is 0.567 bits per heavy atom. The first-order valence-corrected chi connectivity index (χ1v) is 13.2. The van der Waals surface area contributed by atoms with Crippen molar-refractivity contribution in [3.63, 3.8) is 0 Å². The van der Waals surface area contributed by atoms with E-state index < -0.39 is 0 Å². The van der Waals surface area contributed by atoms with Crippen molar-refractivity contribution in [1.29, 1.82) is 0 Å². The summed E-state index contributed by atoms with van der Waals surface area (Å²) < 4.78 is 0. The fourth-order valence-corrected chi connectivity index (χ4v) is 4.86. The number of benzene rings is 1. The molecule has 0 amide bonds. The second-order valence-electron chi connectivity index (χ2n) is 11.6. The van der Waals surface area contributed by atoms with Gasteiger partial charge >= 0.3 is 0 Å². The Labute approximate surface area is 190 Å². The Balaban J connectivity index is 0.000000225. The number of rotatable bonds is 3. The van der Waals surface area contributed by atoms with Gasteiger partial charge in [-0.15, -0.1) is 0 Å². The predicted octanol–water partition coefficient (Wildman–Crippen LogP) is 10.1. The van der Waals surface area contributed by atoms with Crippen LogP contribution in [0.4, 0.5) is 0 Å². The quantitative estimate of drug-likeness (QED) is 0.461. The summed E-state index contributed by atoms with van der Waals surface area (Å²) in [5.74, 6) is 6.60. The van der Waals surface area contributed by atoms with Crippen LogP contribution in [0, 0.1) is 42.4 Å². The zero-order chi connectivity index (χ0) is 22.7. The zero-order valence-electron chi connectivity index (χ0n) is 22.0. The summed E-state index contributed by atoms with van der Waals surface area (Å²) in [5.41, 5.74) is 2.76. The molecule has 2 saturated carbocycles. The molecule has 2 aliphatic rings. The highest BCUT2D eigenvalue weighted by atomic mass is 14.3. The summed E-state index contributed by atoms with van der Waals surface area (Å²) in [6.07, 6.45) is 11.8. The van der Waals surface area contributed by atoms with Crippen LogP contribution in [0.1, 0.15) is 124 Å². The third-order valence-corrected chi connectivity index (χ3v) is 7.75. The first-order valence-electron chi connectivity index (χ1n) is 13.2. The molecule has 0 heterocycles. The van der Waals surface area contributed by atoms with E-state index in [-0.39, 0.29) is 0 Å². The Hall–Kier alpha value is -0.780. The first kappa shape index (κ1) is 27.3. The normalized spacial score (nSPS) is 26.7. The lowest BCUT2D eigenvalue weighted by Gasteiger charge is -2.28. The van der Waals surface area contributed by atoms with Crippen LogP contribution in [0.15, 0.2) is 24.3 Å². The Morgan fingerprint density at radius 3 is 1.17 bits per heavy atom. The third kappa shape index (κ3) is 11.0. The van der Waals surface area contributed by atoms with Gasteiger partial charge in [-0.3, -0.25) is 0 Å². The first-order chi connectivity index (χ1) is 14.1. The molecule has 174 valence electrons. The second kappa shape index (κ2) is 14.3. The fraction of sp³-hybridized carbons (Fsp3) is 0.800. The monoisotopic (exact) mass is 414 g/mol. The van der Waals surface area contributed by atoms with Gasteiger partial charge < -0.3 is 0 Å². The summed E-state index contributed by atoms with van der Waals surface area (Å²) in [7, 11) is 0. The van der Waals surface area contributed by atoms with E-state index in [1.807, 2.05) is 0 Å². The van der Waals surface area contributed by atoms with E-state index in [9.17, 15) is 0 Å². The van der Waals surface area contributed by atoms with Crippen LogP contribution in [0.5, 0.6) is 0 Å². The van der Waals surface area contributed by atoms with E-state index in [0.29, 0.717) is 5.92 Å². The summed E-state index contributed by atoms with van der Waals surface area (Å²) >= 11 is 0. The molecule has 0 radical (unpaired) electrons. The Kier molecular flexibility index (Phi) is 13.0. The minimum absolute atomic E-state index is 0.653. The molecule has 0 N–H and O–H groups in total. The highest BCUT2D eigenvalue weighted by Crippen LogP contribution is 2.33. The molecule has 0 spiro atoms. The van der Waals surface area contributed by atoms with E-state index in [0.717, 1.165) is 35.5 Å². The van der Waals surface area contributed by atoms with E-state index in [1.54, 1.807) is 0 Å². The number of aryl methyl sites for hydroxylation is 1. The van der Waals surface area contributed by atoms with Crippen LogP contribution < -0.4 is 0 Å². The minimum atomic E-state index is 0.653. The van der Waals surface area contributed by atoms with E-state index in [2.05, 4.69) is 86.6 Å². The average molecular weight is 415 g/mol. The molecule has 2 aliphatic carbocycles. The van der Waals surface area contributed by atoms with Crippen LogP contribution in [0.3, 0.4) is 0 Å². The van der Waals surface area contributed by atoms with Crippen LogP contribution in [-0.2, 0) is 0 Å². The van der Waals surface area contributed by atoms with E-state index in [1.165, 1.54) is 62.5 Å². The molecule has 1 aromatic carbocycles. The maximum absolute atomic E-state index is 2.39. The van der Waals surface area contributed by atoms with Crippen molar-refractivity contribution < 1.29 is 0 Å². The maximum atomic E-state index is 2.39.